The highest BCUT2D eigenvalue weighted by Gasteiger charge is 2.26. The predicted molar refractivity (Wildman–Crippen MR) is 114 cm³/mol. The van der Waals surface area contributed by atoms with Gasteiger partial charge in [-0.25, -0.2) is 8.42 Å². The summed E-state index contributed by atoms with van der Waals surface area (Å²) >= 11 is 1.47. The zero-order chi connectivity index (χ0) is 20.1. The van der Waals surface area contributed by atoms with Crippen LogP contribution in [0.1, 0.15) is 31.7 Å². The summed E-state index contributed by atoms with van der Waals surface area (Å²) in [5.41, 5.74) is 1.38. The molecule has 0 bridgehead atoms. The Bertz CT molecular complexity index is 924. The van der Waals surface area contributed by atoms with E-state index in [2.05, 4.69) is 5.32 Å². The zero-order valence-electron chi connectivity index (χ0n) is 16.2. The Morgan fingerprint density at radius 2 is 1.75 bits per heavy atom. The fourth-order valence-electron chi connectivity index (χ4n) is 3.14. The van der Waals surface area contributed by atoms with Crippen LogP contribution in [-0.4, -0.2) is 37.0 Å². The zero-order valence-corrected chi connectivity index (χ0v) is 17.9. The van der Waals surface area contributed by atoms with E-state index in [4.69, 9.17) is 0 Å². The van der Waals surface area contributed by atoms with E-state index in [0.717, 1.165) is 29.7 Å². The number of hydrogen-bond acceptors (Lipinski definition) is 4. The molecule has 1 N–H and O–H groups in total. The molecule has 0 unspecified atom stereocenters. The maximum Gasteiger partial charge on any atom is 0.243 e. The molecule has 7 heteroatoms. The Morgan fingerprint density at radius 1 is 1.07 bits per heavy atom. The van der Waals surface area contributed by atoms with E-state index < -0.39 is 10.0 Å². The van der Waals surface area contributed by atoms with Crippen molar-refractivity contribution >= 4 is 33.4 Å². The Morgan fingerprint density at radius 3 is 2.43 bits per heavy atom. The van der Waals surface area contributed by atoms with Gasteiger partial charge < -0.3 is 5.32 Å². The van der Waals surface area contributed by atoms with E-state index in [0.29, 0.717) is 18.8 Å². The molecule has 5 nitrogen and oxygen atoms in total. The molecule has 1 atom stereocenters. The molecule has 1 amide bonds. The molecule has 1 heterocycles. The molecular formula is C21H26N2O3S2. The molecule has 28 heavy (non-hydrogen) atoms. The van der Waals surface area contributed by atoms with Gasteiger partial charge in [-0.1, -0.05) is 30.7 Å². The van der Waals surface area contributed by atoms with Gasteiger partial charge in [0.05, 0.1) is 10.1 Å². The summed E-state index contributed by atoms with van der Waals surface area (Å²) in [5, 5.41) is 2.60. The van der Waals surface area contributed by atoms with E-state index in [-0.39, 0.29) is 16.1 Å². The minimum atomic E-state index is -3.53. The Labute approximate surface area is 171 Å². The highest BCUT2D eigenvalue weighted by atomic mass is 32.2. The summed E-state index contributed by atoms with van der Waals surface area (Å²) < 4.78 is 27.4. The fraction of sp³-hybridized carbons (Fsp3) is 0.381. The summed E-state index contributed by atoms with van der Waals surface area (Å²) in [6.45, 7) is 4.82. The number of aryl methyl sites for hydroxylation is 1. The molecule has 1 aliphatic heterocycles. The van der Waals surface area contributed by atoms with Crippen LogP contribution in [0.25, 0.3) is 0 Å². The van der Waals surface area contributed by atoms with Crippen LogP contribution in [-0.2, 0) is 14.8 Å². The van der Waals surface area contributed by atoms with Crippen molar-refractivity contribution in [3.63, 3.8) is 0 Å². The highest BCUT2D eigenvalue weighted by molar-refractivity contribution is 8.00. The van der Waals surface area contributed by atoms with Gasteiger partial charge >= 0.3 is 0 Å². The lowest BCUT2D eigenvalue weighted by Crippen LogP contribution is -2.35. The number of thioether (sulfide) groups is 1. The lowest BCUT2D eigenvalue weighted by molar-refractivity contribution is -0.115. The number of benzene rings is 2. The normalized spacial score (nSPS) is 16.5. The largest absolute Gasteiger partial charge is 0.325 e. The molecular weight excluding hydrogens is 392 g/mol. The van der Waals surface area contributed by atoms with Crippen molar-refractivity contribution in [3.8, 4) is 0 Å². The average Bonchev–Trinajstić information content (AvgIpc) is 2.71. The third kappa shape index (κ3) is 4.96. The first-order valence-corrected chi connectivity index (χ1v) is 11.8. The SMILES string of the molecule is Cc1ccc(S(=O)(=O)N2CCCCC2)cc1NC(=O)[C@@H](C)Sc1ccccc1. The summed E-state index contributed by atoms with van der Waals surface area (Å²) in [6.07, 6.45) is 2.85. The number of carbonyl (C=O) groups is 1. The quantitative estimate of drug-likeness (QED) is 0.711. The average molecular weight is 419 g/mol. The van der Waals surface area contributed by atoms with E-state index in [1.165, 1.54) is 11.8 Å². The maximum absolute atomic E-state index is 12.9. The molecule has 1 aliphatic rings. The van der Waals surface area contributed by atoms with Crippen LogP contribution < -0.4 is 5.32 Å². The topological polar surface area (TPSA) is 66.5 Å². The first-order chi connectivity index (χ1) is 13.4. The molecule has 0 saturated carbocycles. The molecule has 1 saturated heterocycles. The van der Waals surface area contributed by atoms with Gasteiger partial charge in [0.1, 0.15) is 0 Å². The van der Waals surface area contributed by atoms with Gasteiger partial charge in [-0.3, -0.25) is 4.79 Å². The first kappa shape index (κ1) is 20.9. The van der Waals surface area contributed by atoms with Gasteiger partial charge in [0, 0.05) is 23.7 Å². The van der Waals surface area contributed by atoms with Gasteiger partial charge in [-0.2, -0.15) is 4.31 Å². The second kappa shape index (κ2) is 9.11. The molecule has 0 aliphatic carbocycles. The molecule has 0 spiro atoms. The minimum Gasteiger partial charge on any atom is -0.325 e. The smallest absolute Gasteiger partial charge is 0.243 e. The van der Waals surface area contributed by atoms with E-state index in [9.17, 15) is 13.2 Å². The van der Waals surface area contributed by atoms with Crippen LogP contribution in [0.15, 0.2) is 58.3 Å². The lowest BCUT2D eigenvalue weighted by Gasteiger charge is -2.26. The number of amides is 1. The van der Waals surface area contributed by atoms with E-state index >= 15 is 0 Å². The summed E-state index contributed by atoms with van der Waals surface area (Å²) in [4.78, 5) is 13.9. The number of rotatable bonds is 6. The summed E-state index contributed by atoms with van der Waals surface area (Å²) in [5.74, 6) is -0.149. The van der Waals surface area contributed by atoms with Crippen molar-refractivity contribution in [1.29, 1.82) is 0 Å². The van der Waals surface area contributed by atoms with Gasteiger partial charge in [0.15, 0.2) is 0 Å². The third-order valence-electron chi connectivity index (χ3n) is 4.85. The summed E-state index contributed by atoms with van der Waals surface area (Å²) in [6, 6.07) is 14.7. The number of carbonyl (C=O) groups excluding carboxylic acids is 1. The second-order valence-corrected chi connectivity index (χ2v) is 10.4. The molecule has 3 rings (SSSR count). The standard InChI is InChI=1S/C21H26N2O3S2/c1-16-11-12-19(28(25,26)23-13-7-4-8-14-23)15-20(16)22-21(24)17(2)27-18-9-5-3-6-10-18/h3,5-6,9-12,15,17H,4,7-8,13-14H2,1-2H3,(H,22,24)/t17-/m1/s1. The maximum atomic E-state index is 12.9. The number of nitrogens with zero attached hydrogens (tertiary/aromatic N) is 1. The molecule has 2 aromatic rings. The predicted octanol–water partition coefficient (Wildman–Crippen LogP) is 4.29. The summed E-state index contributed by atoms with van der Waals surface area (Å²) in [7, 11) is -3.53. The van der Waals surface area contributed by atoms with Crippen LogP contribution >= 0.6 is 11.8 Å². The van der Waals surface area contributed by atoms with Crippen molar-refractivity contribution in [3.05, 3.63) is 54.1 Å². The number of hydrogen-bond donors (Lipinski definition) is 1. The van der Waals surface area contributed by atoms with Crippen LogP contribution in [0.3, 0.4) is 0 Å². The number of piperidine rings is 1. The lowest BCUT2D eigenvalue weighted by atomic mass is 10.2. The Hall–Kier alpha value is -1.83. The van der Waals surface area contributed by atoms with Crippen molar-refractivity contribution < 1.29 is 13.2 Å². The van der Waals surface area contributed by atoms with E-state index in [1.54, 1.807) is 22.5 Å². The number of anilines is 1. The molecule has 150 valence electrons. The number of nitrogens with one attached hydrogen (secondary N) is 1. The van der Waals surface area contributed by atoms with Crippen LogP contribution in [0.5, 0.6) is 0 Å². The van der Waals surface area contributed by atoms with Crippen molar-refractivity contribution in [1.82, 2.24) is 4.31 Å². The van der Waals surface area contributed by atoms with Gasteiger partial charge in [0.25, 0.3) is 0 Å². The molecule has 0 aromatic heterocycles. The van der Waals surface area contributed by atoms with Crippen LogP contribution in [0, 0.1) is 6.92 Å². The Balaban J connectivity index is 1.75. The second-order valence-electron chi connectivity index (χ2n) is 7.00. The number of sulfonamides is 1. The first-order valence-electron chi connectivity index (χ1n) is 9.51. The minimum absolute atomic E-state index is 0.149. The van der Waals surface area contributed by atoms with E-state index in [1.807, 2.05) is 44.2 Å². The third-order valence-corrected chi connectivity index (χ3v) is 7.85. The van der Waals surface area contributed by atoms with Gasteiger partial charge in [-0.15, -0.1) is 11.8 Å². The van der Waals surface area contributed by atoms with Crippen molar-refractivity contribution in [2.45, 2.75) is 48.2 Å². The molecule has 1 fully saturated rings. The van der Waals surface area contributed by atoms with Gasteiger partial charge in [-0.05, 0) is 56.5 Å². The molecule has 0 radical (unpaired) electrons. The molecule has 2 aromatic carbocycles. The van der Waals surface area contributed by atoms with Crippen LogP contribution in [0.4, 0.5) is 5.69 Å². The van der Waals surface area contributed by atoms with Crippen molar-refractivity contribution in [2.24, 2.45) is 0 Å². The highest BCUT2D eigenvalue weighted by Crippen LogP contribution is 2.27. The van der Waals surface area contributed by atoms with Crippen molar-refractivity contribution in [2.75, 3.05) is 18.4 Å². The van der Waals surface area contributed by atoms with Gasteiger partial charge in [0.2, 0.25) is 15.9 Å². The Kier molecular flexibility index (Phi) is 6.80. The van der Waals surface area contributed by atoms with Crippen LogP contribution in [0.2, 0.25) is 0 Å². The fourth-order valence-corrected chi connectivity index (χ4v) is 5.57. The monoisotopic (exact) mass is 418 g/mol.